The predicted octanol–water partition coefficient (Wildman–Crippen LogP) is 5.19. The number of esters is 1. The summed E-state index contributed by atoms with van der Waals surface area (Å²) in [6, 6.07) is 20.8. The van der Waals surface area contributed by atoms with Crippen LogP contribution in [0.25, 0.3) is 0 Å². The molecule has 0 unspecified atom stereocenters. The topological polar surface area (TPSA) is 67.8 Å². The number of nitrogens with one attached hydrogen (secondary N) is 1. The zero-order valence-electron chi connectivity index (χ0n) is 14.4. The van der Waals surface area contributed by atoms with Crippen molar-refractivity contribution in [2.45, 2.75) is 0 Å². The standard InChI is InChI=1S/C21H14Br2N2O3/c22-17-8-4-7-15(11-17)20(26)25-24-13-16-12-18(23)9-10-19(16)28-21(27)14-5-2-1-3-6-14/h1-13H,(H,25,26). The average molecular weight is 502 g/mol. The number of rotatable bonds is 5. The van der Waals surface area contributed by atoms with Crippen LogP contribution in [-0.2, 0) is 0 Å². The van der Waals surface area contributed by atoms with E-state index >= 15 is 0 Å². The Labute approximate surface area is 178 Å². The molecular formula is C21H14Br2N2O3. The van der Waals surface area contributed by atoms with E-state index in [1.807, 2.05) is 12.1 Å². The Morgan fingerprint density at radius 2 is 1.57 bits per heavy atom. The van der Waals surface area contributed by atoms with Crippen LogP contribution in [0.15, 0.2) is 86.8 Å². The molecule has 7 heteroatoms. The lowest BCUT2D eigenvalue weighted by Crippen LogP contribution is -2.17. The molecule has 0 fully saturated rings. The van der Waals surface area contributed by atoms with E-state index in [9.17, 15) is 9.59 Å². The van der Waals surface area contributed by atoms with Crippen molar-refractivity contribution in [3.8, 4) is 5.75 Å². The molecule has 0 saturated heterocycles. The molecule has 0 radical (unpaired) electrons. The zero-order valence-corrected chi connectivity index (χ0v) is 17.6. The first-order valence-electron chi connectivity index (χ1n) is 8.19. The molecule has 0 aliphatic carbocycles. The molecule has 0 aliphatic heterocycles. The first-order chi connectivity index (χ1) is 13.5. The highest BCUT2D eigenvalue weighted by Crippen LogP contribution is 2.23. The molecule has 28 heavy (non-hydrogen) atoms. The summed E-state index contributed by atoms with van der Waals surface area (Å²) in [6.07, 6.45) is 1.42. The molecule has 0 saturated carbocycles. The van der Waals surface area contributed by atoms with Gasteiger partial charge in [-0.15, -0.1) is 0 Å². The molecule has 1 N–H and O–H groups in total. The second-order valence-electron chi connectivity index (χ2n) is 5.65. The summed E-state index contributed by atoms with van der Waals surface area (Å²) < 4.78 is 7.06. The van der Waals surface area contributed by atoms with E-state index in [1.165, 1.54) is 6.21 Å². The van der Waals surface area contributed by atoms with E-state index in [2.05, 4.69) is 42.4 Å². The van der Waals surface area contributed by atoms with Crippen molar-refractivity contribution in [2.24, 2.45) is 5.10 Å². The lowest BCUT2D eigenvalue weighted by atomic mass is 10.2. The lowest BCUT2D eigenvalue weighted by molar-refractivity contribution is 0.0734. The third kappa shape index (κ3) is 5.37. The van der Waals surface area contributed by atoms with E-state index < -0.39 is 5.97 Å². The maximum absolute atomic E-state index is 12.3. The van der Waals surface area contributed by atoms with Crippen LogP contribution < -0.4 is 10.2 Å². The highest BCUT2D eigenvalue weighted by atomic mass is 79.9. The molecule has 3 aromatic rings. The number of nitrogens with zero attached hydrogens (tertiary/aromatic N) is 1. The van der Waals surface area contributed by atoms with Gasteiger partial charge < -0.3 is 4.74 Å². The van der Waals surface area contributed by atoms with Gasteiger partial charge in [0.2, 0.25) is 0 Å². The number of amides is 1. The fourth-order valence-electron chi connectivity index (χ4n) is 2.30. The van der Waals surface area contributed by atoms with Gasteiger partial charge in [-0.1, -0.05) is 56.1 Å². The normalized spacial score (nSPS) is 10.6. The van der Waals surface area contributed by atoms with Crippen LogP contribution in [0.4, 0.5) is 0 Å². The van der Waals surface area contributed by atoms with Crippen LogP contribution in [-0.4, -0.2) is 18.1 Å². The molecule has 3 aromatic carbocycles. The molecular weight excluding hydrogens is 488 g/mol. The molecule has 140 valence electrons. The van der Waals surface area contributed by atoms with Gasteiger partial charge >= 0.3 is 5.97 Å². The molecule has 5 nitrogen and oxygen atoms in total. The van der Waals surface area contributed by atoms with Gasteiger partial charge in [0.25, 0.3) is 5.91 Å². The smallest absolute Gasteiger partial charge is 0.343 e. The van der Waals surface area contributed by atoms with Gasteiger partial charge in [0.05, 0.1) is 11.8 Å². The average Bonchev–Trinajstić information content (AvgIpc) is 2.70. The maximum atomic E-state index is 12.3. The Kier molecular flexibility index (Phi) is 6.73. The summed E-state index contributed by atoms with van der Waals surface area (Å²) in [5.41, 5.74) is 3.91. The van der Waals surface area contributed by atoms with Crippen molar-refractivity contribution in [3.05, 3.63) is 98.4 Å². The van der Waals surface area contributed by atoms with Crippen molar-refractivity contribution >= 4 is 50.0 Å². The summed E-state index contributed by atoms with van der Waals surface area (Å²) in [4.78, 5) is 24.5. The minimum atomic E-state index is -0.476. The largest absolute Gasteiger partial charge is 0.422 e. The quantitative estimate of drug-likeness (QED) is 0.226. The van der Waals surface area contributed by atoms with Crippen LogP contribution in [0.2, 0.25) is 0 Å². The fraction of sp³-hybridized carbons (Fsp3) is 0. The van der Waals surface area contributed by atoms with Gasteiger partial charge in [-0.2, -0.15) is 5.10 Å². The third-order valence-corrected chi connectivity index (χ3v) is 4.63. The maximum Gasteiger partial charge on any atom is 0.343 e. The summed E-state index contributed by atoms with van der Waals surface area (Å²) in [5.74, 6) is -0.497. The van der Waals surface area contributed by atoms with Gasteiger partial charge in [-0.3, -0.25) is 4.79 Å². The van der Waals surface area contributed by atoms with Gasteiger partial charge in [0.15, 0.2) is 0 Å². The van der Waals surface area contributed by atoms with Crippen molar-refractivity contribution in [2.75, 3.05) is 0 Å². The number of halogens is 2. The second kappa shape index (κ2) is 9.43. The van der Waals surface area contributed by atoms with Crippen molar-refractivity contribution in [1.82, 2.24) is 5.43 Å². The van der Waals surface area contributed by atoms with Crippen molar-refractivity contribution in [1.29, 1.82) is 0 Å². The van der Waals surface area contributed by atoms with Crippen molar-refractivity contribution < 1.29 is 14.3 Å². The van der Waals surface area contributed by atoms with Gasteiger partial charge in [0.1, 0.15) is 5.75 Å². The van der Waals surface area contributed by atoms with E-state index in [0.717, 1.165) is 8.95 Å². The molecule has 0 bridgehead atoms. The Bertz CT molecular complexity index is 1040. The number of hydrazone groups is 1. The Morgan fingerprint density at radius 1 is 0.857 bits per heavy atom. The van der Waals surface area contributed by atoms with Crippen molar-refractivity contribution in [3.63, 3.8) is 0 Å². The Morgan fingerprint density at radius 3 is 2.32 bits per heavy atom. The van der Waals surface area contributed by atoms with E-state index in [4.69, 9.17) is 4.74 Å². The predicted molar refractivity (Wildman–Crippen MR) is 115 cm³/mol. The first-order valence-corrected chi connectivity index (χ1v) is 9.77. The number of carbonyl (C=O) groups is 2. The summed E-state index contributed by atoms with van der Waals surface area (Å²) in [5, 5.41) is 3.98. The number of carbonyl (C=O) groups excluding carboxylic acids is 2. The minimum Gasteiger partial charge on any atom is -0.422 e. The second-order valence-corrected chi connectivity index (χ2v) is 7.48. The van der Waals surface area contributed by atoms with Gasteiger partial charge in [-0.05, 0) is 48.5 Å². The first kappa shape index (κ1) is 20.0. The van der Waals surface area contributed by atoms with Crippen LogP contribution in [0.5, 0.6) is 5.75 Å². The zero-order chi connectivity index (χ0) is 19.9. The number of ether oxygens (including phenoxy) is 1. The number of hydrogen-bond acceptors (Lipinski definition) is 4. The fourth-order valence-corrected chi connectivity index (χ4v) is 3.08. The number of hydrogen-bond donors (Lipinski definition) is 1. The molecule has 0 heterocycles. The lowest BCUT2D eigenvalue weighted by Gasteiger charge is -2.08. The van der Waals surface area contributed by atoms with E-state index in [0.29, 0.717) is 22.4 Å². The summed E-state index contributed by atoms with van der Waals surface area (Å²) in [6.45, 7) is 0. The van der Waals surface area contributed by atoms with Crippen LogP contribution >= 0.6 is 31.9 Å². The van der Waals surface area contributed by atoms with Gasteiger partial charge in [-0.25, -0.2) is 10.2 Å². The molecule has 0 aromatic heterocycles. The van der Waals surface area contributed by atoms with Crippen LogP contribution in [0, 0.1) is 0 Å². The monoisotopic (exact) mass is 500 g/mol. The van der Waals surface area contributed by atoms with E-state index in [-0.39, 0.29) is 5.91 Å². The summed E-state index contributed by atoms with van der Waals surface area (Å²) in [7, 11) is 0. The van der Waals surface area contributed by atoms with Crippen LogP contribution in [0.1, 0.15) is 26.3 Å². The highest BCUT2D eigenvalue weighted by molar-refractivity contribution is 9.10. The van der Waals surface area contributed by atoms with Crippen LogP contribution in [0.3, 0.4) is 0 Å². The summed E-state index contributed by atoms with van der Waals surface area (Å²) >= 11 is 6.70. The third-order valence-electron chi connectivity index (χ3n) is 3.64. The molecule has 0 aliphatic rings. The SMILES string of the molecule is O=C(NN=Cc1cc(Br)ccc1OC(=O)c1ccccc1)c1cccc(Br)c1. The molecule has 3 rings (SSSR count). The van der Waals surface area contributed by atoms with Gasteiger partial charge in [0, 0.05) is 20.1 Å². The molecule has 1 amide bonds. The highest BCUT2D eigenvalue weighted by Gasteiger charge is 2.11. The Balaban J connectivity index is 1.74. The number of benzene rings is 3. The Hall–Kier alpha value is -2.77. The van der Waals surface area contributed by atoms with E-state index in [1.54, 1.807) is 60.7 Å². The molecule has 0 spiro atoms. The minimum absolute atomic E-state index is 0.331. The molecule has 0 atom stereocenters.